The average molecular weight is 378 g/mol. The van der Waals surface area contributed by atoms with Crippen LogP contribution in [0.5, 0.6) is 0 Å². The Bertz CT molecular complexity index is 347. The zero-order valence-electron chi connectivity index (χ0n) is 11.2. The minimum absolute atomic E-state index is 0.248. The molecular formula is C14H22Br2Si. The van der Waals surface area contributed by atoms with E-state index in [1.54, 1.807) is 0 Å². The van der Waals surface area contributed by atoms with Crippen LogP contribution in [0.25, 0.3) is 0 Å². The molecule has 0 aliphatic carbocycles. The molecule has 3 heteroatoms. The first-order chi connectivity index (χ1) is 7.83. The molecule has 0 saturated carbocycles. The topological polar surface area (TPSA) is 0 Å². The number of alkyl halides is 2. The van der Waals surface area contributed by atoms with Crippen LogP contribution in [0.2, 0.25) is 25.7 Å². The summed E-state index contributed by atoms with van der Waals surface area (Å²) in [6, 6.07) is 10.3. The van der Waals surface area contributed by atoms with Crippen molar-refractivity contribution < 1.29 is 0 Å². The van der Waals surface area contributed by atoms with Gasteiger partial charge in [-0.05, 0) is 18.5 Å². The number of hydrogen-bond acceptors (Lipinski definition) is 0. The van der Waals surface area contributed by atoms with E-state index in [1.807, 2.05) is 0 Å². The number of benzene rings is 1. The van der Waals surface area contributed by atoms with Crippen LogP contribution in [0.4, 0.5) is 0 Å². The molecule has 0 saturated heterocycles. The van der Waals surface area contributed by atoms with Crippen molar-refractivity contribution in [3.63, 3.8) is 0 Å². The first-order valence-electron chi connectivity index (χ1n) is 6.02. The van der Waals surface area contributed by atoms with Crippen LogP contribution in [0.1, 0.15) is 11.1 Å². The van der Waals surface area contributed by atoms with Gasteiger partial charge < -0.3 is 0 Å². The molecule has 0 heterocycles. The van der Waals surface area contributed by atoms with E-state index in [4.69, 9.17) is 0 Å². The molecule has 96 valence electrons. The Hall–Kier alpha value is 0.397. The highest BCUT2D eigenvalue weighted by atomic mass is 79.9. The van der Waals surface area contributed by atoms with Gasteiger partial charge in [-0.1, -0.05) is 81.3 Å². The smallest absolute Gasteiger partial charge is 0.0452 e. The molecule has 1 aromatic rings. The predicted octanol–water partition coefficient (Wildman–Crippen LogP) is 5.36. The fourth-order valence-electron chi connectivity index (χ4n) is 2.31. The molecule has 17 heavy (non-hydrogen) atoms. The number of rotatable bonds is 5. The second-order valence-corrected chi connectivity index (χ2v) is 12.7. The van der Waals surface area contributed by atoms with Crippen molar-refractivity contribution in [1.82, 2.24) is 0 Å². The van der Waals surface area contributed by atoms with Crippen molar-refractivity contribution >= 4 is 39.9 Å². The molecule has 0 aliphatic rings. The van der Waals surface area contributed by atoms with Gasteiger partial charge in [0.15, 0.2) is 0 Å². The van der Waals surface area contributed by atoms with Gasteiger partial charge in [-0.15, -0.1) is 0 Å². The monoisotopic (exact) mass is 376 g/mol. The van der Waals surface area contributed by atoms with Gasteiger partial charge in [0.2, 0.25) is 0 Å². The lowest BCUT2D eigenvalue weighted by Gasteiger charge is -2.36. The summed E-state index contributed by atoms with van der Waals surface area (Å²) in [4.78, 5) is 0. The Morgan fingerprint density at radius 2 is 1.47 bits per heavy atom. The third-order valence-electron chi connectivity index (χ3n) is 3.04. The fraction of sp³-hybridized carbons (Fsp3) is 0.571. The highest BCUT2D eigenvalue weighted by Gasteiger charge is 2.35. The zero-order chi connectivity index (χ0) is 13.1. The van der Waals surface area contributed by atoms with E-state index in [-0.39, 0.29) is 5.41 Å². The summed E-state index contributed by atoms with van der Waals surface area (Å²) in [5.74, 6) is 0. The van der Waals surface area contributed by atoms with E-state index in [9.17, 15) is 0 Å². The first kappa shape index (κ1) is 15.5. The van der Waals surface area contributed by atoms with E-state index in [0.717, 1.165) is 10.7 Å². The maximum absolute atomic E-state index is 3.73. The standard InChI is InChI=1S/C14H22Br2Si/c1-12-5-7-13(8-6-12)14(9-15,10-16)11-17(2,3)4/h5-8H,9-11H2,1-4H3. The largest absolute Gasteiger partial charge is 0.0918 e. The SMILES string of the molecule is Cc1ccc(C(CBr)(CBr)C[Si](C)(C)C)cc1. The summed E-state index contributed by atoms with van der Waals surface area (Å²) in [6.45, 7) is 9.48. The van der Waals surface area contributed by atoms with Crippen LogP contribution in [-0.4, -0.2) is 18.7 Å². The van der Waals surface area contributed by atoms with Gasteiger partial charge in [-0.25, -0.2) is 0 Å². The summed E-state index contributed by atoms with van der Waals surface area (Å²) < 4.78 is 0. The molecule has 0 fully saturated rings. The molecule has 0 spiro atoms. The van der Waals surface area contributed by atoms with Gasteiger partial charge >= 0.3 is 0 Å². The highest BCUT2D eigenvalue weighted by molar-refractivity contribution is 9.09. The number of aryl methyl sites for hydroxylation is 1. The maximum atomic E-state index is 3.73. The Morgan fingerprint density at radius 3 is 1.82 bits per heavy atom. The Kier molecular flexibility index (Phi) is 5.48. The van der Waals surface area contributed by atoms with E-state index in [2.05, 4.69) is 82.7 Å². The Morgan fingerprint density at radius 1 is 1.00 bits per heavy atom. The van der Waals surface area contributed by atoms with Gasteiger partial charge in [-0.2, -0.15) is 0 Å². The van der Waals surface area contributed by atoms with E-state index < -0.39 is 8.07 Å². The van der Waals surface area contributed by atoms with Crippen molar-refractivity contribution in [3.05, 3.63) is 35.4 Å². The summed E-state index contributed by atoms with van der Waals surface area (Å²) >= 11 is 7.47. The second-order valence-electron chi connectivity index (χ2n) is 6.15. The van der Waals surface area contributed by atoms with Crippen LogP contribution in [-0.2, 0) is 5.41 Å². The zero-order valence-corrected chi connectivity index (χ0v) is 15.4. The van der Waals surface area contributed by atoms with Crippen LogP contribution in [0.15, 0.2) is 24.3 Å². The lowest BCUT2D eigenvalue weighted by Crippen LogP contribution is -2.38. The molecule has 0 atom stereocenters. The molecule has 0 unspecified atom stereocenters. The minimum Gasteiger partial charge on any atom is -0.0918 e. The molecule has 0 aromatic heterocycles. The van der Waals surface area contributed by atoms with Crippen molar-refractivity contribution in [3.8, 4) is 0 Å². The van der Waals surface area contributed by atoms with Gasteiger partial charge in [0.1, 0.15) is 0 Å². The third-order valence-corrected chi connectivity index (χ3v) is 6.93. The summed E-state index contributed by atoms with van der Waals surface area (Å²) in [7, 11) is -1.09. The molecule has 0 radical (unpaired) electrons. The van der Waals surface area contributed by atoms with E-state index >= 15 is 0 Å². The minimum atomic E-state index is -1.09. The molecule has 0 amide bonds. The molecule has 1 aromatic carbocycles. The second kappa shape index (κ2) is 6.03. The molecular weight excluding hydrogens is 356 g/mol. The molecule has 0 bridgehead atoms. The third kappa shape index (κ3) is 4.21. The Labute approximate surface area is 123 Å². The molecule has 0 nitrogen and oxygen atoms in total. The summed E-state index contributed by atoms with van der Waals surface area (Å²) in [6.07, 6.45) is 0. The van der Waals surface area contributed by atoms with Gasteiger partial charge in [0.05, 0.1) is 0 Å². The van der Waals surface area contributed by atoms with Crippen molar-refractivity contribution in [2.45, 2.75) is 38.0 Å². The Balaban J connectivity index is 3.10. The van der Waals surface area contributed by atoms with Gasteiger partial charge in [-0.3, -0.25) is 0 Å². The normalized spacial score (nSPS) is 12.8. The highest BCUT2D eigenvalue weighted by Crippen LogP contribution is 2.37. The summed E-state index contributed by atoms with van der Waals surface area (Å²) in [5, 5.41) is 2.05. The van der Waals surface area contributed by atoms with Crippen molar-refractivity contribution in [2.24, 2.45) is 0 Å². The quantitative estimate of drug-likeness (QED) is 0.478. The van der Waals surface area contributed by atoms with Crippen LogP contribution in [0, 0.1) is 6.92 Å². The lowest BCUT2D eigenvalue weighted by atomic mass is 9.86. The summed E-state index contributed by atoms with van der Waals surface area (Å²) in [5.41, 5.74) is 3.04. The molecule has 0 aliphatic heterocycles. The van der Waals surface area contributed by atoms with Crippen LogP contribution < -0.4 is 0 Å². The predicted molar refractivity (Wildman–Crippen MR) is 88.6 cm³/mol. The van der Waals surface area contributed by atoms with Gasteiger partial charge in [0.25, 0.3) is 0 Å². The van der Waals surface area contributed by atoms with Crippen molar-refractivity contribution in [1.29, 1.82) is 0 Å². The molecule has 1 rings (SSSR count). The van der Waals surface area contributed by atoms with Crippen molar-refractivity contribution in [2.75, 3.05) is 10.7 Å². The van der Waals surface area contributed by atoms with E-state index in [1.165, 1.54) is 17.2 Å². The van der Waals surface area contributed by atoms with E-state index in [0.29, 0.717) is 0 Å². The lowest BCUT2D eigenvalue weighted by molar-refractivity contribution is 0.612. The fourth-order valence-corrected chi connectivity index (χ4v) is 7.50. The number of halogens is 2. The van der Waals surface area contributed by atoms with Crippen LogP contribution in [0.3, 0.4) is 0 Å². The first-order valence-corrected chi connectivity index (χ1v) is 12.0. The van der Waals surface area contributed by atoms with Crippen LogP contribution >= 0.6 is 31.9 Å². The average Bonchev–Trinajstić information content (AvgIpc) is 2.26. The van der Waals surface area contributed by atoms with Gasteiger partial charge in [0, 0.05) is 24.1 Å². The number of hydrogen-bond donors (Lipinski definition) is 0. The maximum Gasteiger partial charge on any atom is 0.0452 e. The molecule has 0 N–H and O–H groups in total.